The highest BCUT2D eigenvalue weighted by Gasteiger charge is 2.41. The third kappa shape index (κ3) is 2.82. The Bertz CT molecular complexity index is 706. The molecule has 4 heteroatoms. The predicted molar refractivity (Wildman–Crippen MR) is 90.3 cm³/mol. The van der Waals surface area contributed by atoms with E-state index in [1.54, 1.807) is 4.90 Å². The second kappa shape index (κ2) is 5.70. The molecule has 0 unspecified atom stereocenters. The number of hydrogen-bond donors (Lipinski definition) is 3. The third-order valence-corrected chi connectivity index (χ3v) is 5.01. The number of likely N-dealkylation sites (tertiary alicyclic amines) is 1. The molecule has 118 valence electrons. The lowest BCUT2D eigenvalue weighted by Crippen LogP contribution is -3.12. The molecule has 4 nitrogen and oxygen atoms in total. The summed E-state index contributed by atoms with van der Waals surface area (Å²) >= 11 is 0. The van der Waals surface area contributed by atoms with Gasteiger partial charge in [-0.3, -0.25) is 4.79 Å². The first-order chi connectivity index (χ1) is 11.2. The van der Waals surface area contributed by atoms with E-state index in [0.29, 0.717) is 0 Å². The summed E-state index contributed by atoms with van der Waals surface area (Å²) in [7, 11) is 0. The number of benzene rings is 2. The highest BCUT2D eigenvalue weighted by atomic mass is 16.2. The summed E-state index contributed by atoms with van der Waals surface area (Å²) in [6.07, 6.45) is 1.91. The van der Waals surface area contributed by atoms with E-state index in [-0.39, 0.29) is 11.6 Å². The summed E-state index contributed by atoms with van der Waals surface area (Å²) in [6.45, 7) is 3.18. The Labute approximate surface area is 136 Å². The highest BCUT2D eigenvalue weighted by molar-refractivity contribution is 6.02. The van der Waals surface area contributed by atoms with Gasteiger partial charge in [0, 0.05) is 24.1 Å². The smallest absolute Gasteiger partial charge is 0.255 e. The molecule has 0 atom stereocenters. The second-order valence-electron chi connectivity index (χ2n) is 6.62. The van der Waals surface area contributed by atoms with Crippen molar-refractivity contribution >= 4 is 11.6 Å². The first kappa shape index (κ1) is 14.3. The van der Waals surface area contributed by atoms with Crippen molar-refractivity contribution in [2.45, 2.75) is 25.0 Å². The van der Waals surface area contributed by atoms with E-state index in [9.17, 15) is 4.79 Å². The summed E-state index contributed by atoms with van der Waals surface area (Å²) in [5.41, 5.74) is 2.82. The topological polar surface area (TPSA) is 45.6 Å². The van der Waals surface area contributed by atoms with Gasteiger partial charge in [0.15, 0.2) is 0 Å². The maximum Gasteiger partial charge on any atom is 0.255 e. The Balaban J connectivity index is 1.44. The summed E-state index contributed by atoms with van der Waals surface area (Å²) < 4.78 is 0. The molecule has 2 aromatic rings. The number of piperidine rings is 1. The van der Waals surface area contributed by atoms with Crippen LogP contribution in [-0.2, 0) is 6.54 Å². The normalized spacial score (nSPS) is 26.3. The Kier molecular flexibility index (Phi) is 3.54. The van der Waals surface area contributed by atoms with E-state index < -0.39 is 0 Å². The lowest BCUT2D eigenvalue weighted by molar-refractivity contribution is -0.919. The van der Waals surface area contributed by atoms with Gasteiger partial charge in [-0.15, -0.1) is 0 Å². The van der Waals surface area contributed by atoms with Gasteiger partial charge in [0.2, 0.25) is 0 Å². The van der Waals surface area contributed by atoms with E-state index in [4.69, 9.17) is 0 Å². The average molecular weight is 308 g/mol. The van der Waals surface area contributed by atoms with Crippen molar-refractivity contribution in [2.24, 2.45) is 0 Å². The van der Waals surface area contributed by atoms with Gasteiger partial charge in [-0.05, 0) is 12.1 Å². The lowest BCUT2D eigenvalue weighted by atomic mass is 9.92. The average Bonchev–Trinajstić information content (AvgIpc) is 2.58. The zero-order valence-electron chi connectivity index (χ0n) is 13.1. The van der Waals surface area contributed by atoms with Crippen molar-refractivity contribution in [3.05, 3.63) is 65.7 Å². The fraction of sp³-hybridized carbons (Fsp3) is 0.316. The summed E-state index contributed by atoms with van der Waals surface area (Å²) in [5.74, 6) is 0.0471. The molecule has 2 heterocycles. The van der Waals surface area contributed by atoms with Crippen LogP contribution in [0.5, 0.6) is 0 Å². The number of carbonyl (C=O) groups is 1. The fourth-order valence-corrected chi connectivity index (χ4v) is 3.71. The third-order valence-electron chi connectivity index (χ3n) is 5.01. The largest absolute Gasteiger partial charge is 0.362 e. The number of fused-ring (bicyclic) bond motifs is 1. The van der Waals surface area contributed by atoms with Crippen LogP contribution in [0, 0.1) is 0 Å². The molecular weight excluding hydrogens is 286 g/mol. The van der Waals surface area contributed by atoms with Crippen LogP contribution in [0.15, 0.2) is 54.6 Å². The molecule has 1 fully saturated rings. The van der Waals surface area contributed by atoms with Crippen molar-refractivity contribution in [1.82, 2.24) is 5.32 Å². The summed E-state index contributed by atoms with van der Waals surface area (Å²) in [6, 6.07) is 18.4. The molecule has 4 rings (SSSR count). The molecule has 1 spiro atoms. The van der Waals surface area contributed by atoms with Crippen molar-refractivity contribution in [1.29, 1.82) is 0 Å². The molecule has 0 aliphatic carbocycles. The van der Waals surface area contributed by atoms with Gasteiger partial charge in [-0.25, -0.2) is 0 Å². The highest BCUT2D eigenvalue weighted by Crippen LogP contribution is 2.28. The van der Waals surface area contributed by atoms with Gasteiger partial charge >= 0.3 is 0 Å². The maximum atomic E-state index is 12.4. The van der Waals surface area contributed by atoms with Crippen molar-refractivity contribution in [2.75, 3.05) is 18.4 Å². The quantitative estimate of drug-likeness (QED) is 0.786. The second-order valence-corrected chi connectivity index (χ2v) is 6.62. The minimum absolute atomic E-state index is 0.0471. The lowest BCUT2D eigenvalue weighted by Gasteiger charge is -2.44. The first-order valence-corrected chi connectivity index (χ1v) is 8.31. The van der Waals surface area contributed by atoms with Crippen molar-refractivity contribution in [3.63, 3.8) is 0 Å². The van der Waals surface area contributed by atoms with Crippen LogP contribution >= 0.6 is 0 Å². The molecule has 23 heavy (non-hydrogen) atoms. The standard InChI is InChI=1S/C19H21N3O/c23-18-16-8-4-5-9-17(16)20-19(21-18)10-12-22(13-11-19)14-15-6-2-1-3-7-15/h1-9,20H,10-14H2,(H,21,23)/p+1. The number of carbonyl (C=O) groups excluding carboxylic acids is 1. The number of rotatable bonds is 2. The minimum Gasteiger partial charge on any atom is -0.362 e. The van der Waals surface area contributed by atoms with Crippen LogP contribution in [0.1, 0.15) is 28.8 Å². The SMILES string of the molecule is O=C1NC2(CC[NH+](Cc3ccccc3)CC2)Nc2ccccc21. The fourth-order valence-electron chi connectivity index (χ4n) is 3.71. The van der Waals surface area contributed by atoms with Crippen LogP contribution in [0.25, 0.3) is 0 Å². The molecular formula is C19H22N3O+. The molecule has 3 N–H and O–H groups in total. The Hall–Kier alpha value is -2.33. The molecule has 0 bridgehead atoms. The zero-order chi connectivity index (χ0) is 15.7. The summed E-state index contributed by atoms with van der Waals surface area (Å²) in [4.78, 5) is 14.0. The molecule has 0 radical (unpaired) electrons. The van der Waals surface area contributed by atoms with Gasteiger partial charge in [0.05, 0.1) is 18.7 Å². The molecule has 2 aliphatic rings. The minimum atomic E-state index is -0.272. The number of quaternary nitrogens is 1. The number of amides is 1. The van der Waals surface area contributed by atoms with Crippen LogP contribution in [-0.4, -0.2) is 24.7 Å². The number of para-hydroxylation sites is 1. The molecule has 0 aromatic heterocycles. The molecule has 1 amide bonds. The molecule has 0 saturated carbocycles. The molecule has 2 aliphatic heterocycles. The number of hydrogen-bond acceptors (Lipinski definition) is 2. The van der Waals surface area contributed by atoms with E-state index >= 15 is 0 Å². The van der Waals surface area contributed by atoms with Crippen LogP contribution in [0.2, 0.25) is 0 Å². The monoisotopic (exact) mass is 308 g/mol. The first-order valence-electron chi connectivity index (χ1n) is 8.31. The van der Waals surface area contributed by atoms with Gasteiger partial charge in [0.1, 0.15) is 12.2 Å². The van der Waals surface area contributed by atoms with Gasteiger partial charge in [-0.1, -0.05) is 42.5 Å². The van der Waals surface area contributed by atoms with Gasteiger partial charge < -0.3 is 15.5 Å². The van der Waals surface area contributed by atoms with Crippen LogP contribution < -0.4 is 15.5 Å². The van der Waals surface area contributed by atoms with E-state index in [1.807, 2.05) is 24.3 Å². The van der Waals surface area contributed by atoms with Crippen LogP contribution in [0.3, 0.4) is 0 Å². The van der Waals surface area contributed by atoms with Gasteiger partial charge in [0.25, 0.3) is 5.91 Å². The van der Waals surface area contributed by atoms with Crippen molar-refractivity contribution in [3.8, 4) is 0 Å². The van der Waals surface area contributed by atoms with E-state index in [1.165, 1.54) is 5.56 Å². The molecule has 2 aromatic carbocycles. The zero-order valence-corrected chi connectivity index (χ0v) is 13.1. The Morgan fingerprint density at radius 2 is 1.61 bits per heavy atom. The van der Waals surface area contributed by atoms with Gasteiger partial charge in [-0.2, -0.15) is 0 Å². The van der Waals surface area contributed by atoms with E-state index in [0.717, 1.165) is 43.7 Å². The Morgan fingerprint density at radius 3 is 2.39 bits per heavy atom. The van der Waals surface area contributed by atoms with Crippen LogP contribution in [0.4, 0.5) is 5.69 Å². The Morgan fingerprint density at radius 1 is 0.913 bits per heavy atom. The number of nitrogens with one attached hydrogen (secondary N) is 3. The van der Waals surface area contributed by atoms with E-state index in [2.05, 4.69) is 41.0 Å². The number of anilines is 1. The maximum absolute atomic E-state index is 12.4. The van der Waals surface area contributed by atoms with Crippen molar-refractivity contribution < 1.29 is 9.69 Å². The summed E-state index contributed by atoms with van der Waals surface area (Å²) in [5, 5.41) is 6.79. The predicted octanol–water partition coefficient (Wildman–Crippen LogP) is 1.42. The molecule has 1 saturated heterocycles.